The largest absolute Gasteiger partial charge is 0.391 e. The van der Waals surface area contributed by atoms with Gasteiger partial charge in [-0.25, -0.2) is 0 Å². The van der Waals surface area contributed by atoms with E-state index in [1.54, 1.807) is 0 Å². The zero-order valence-corrected chi connectivity index (χ0v) is 7.43. The standard InChI is InChI=1S/C10H15NO2/c12-9-4-1-5-7-3(4)2-6(10(7)13)11-8(5)9/h3-13H,1-2H2/t3-,4-,5+,6-,7+,8-,9+,10+/m0/s1. The van der Waals surface area contributed by atoms with Gasteiger partial charge < -0.3 is 15.5 Å². The van der Waals surface area contributed by atoms with E-state index in [1.165, 1.54) is 0 Å². The van der Waals surface area contributed by atoms with Gasteiger partial charge in [-0.05, 0) is 36.5 Å². The topological polar surface area (TPSA) is 52.5 Å². The summed E-state index contributed by atoms with van der Waals surface area (Å²) < 4.78 is 0. The zero-order chi connectivity index (χ0) is 8.74. The van der Waals surface area contributed by atoms with Gasteiger partial charge in [0.1, 0.15) is 0 Å². The molecule has 0 spiro atoms. The van der Waals surface area contributed by atoms with E-state index in [4.69, 9.17) is 0 Å². The van der Waals surface area contributed by atoms with Gasteiger partial charge in [-0.15, -0.1) is 0 Å². The Hall–Kier alpha value is -0.120. The van der Waals surface area contributed by atoms with Crippen molar-refractivity contribution in [2.45, 2.75) is 37.1 Å². The van der Waals surface area contributed by atoms with Crippen LogP contribution in [0.4, 0.5) is 0 Å². The predicted octanol–water partition coefficient (Wildman–Crippen LogP) is -0.666. The minimum absolute atomic E-state index is 0.122. The normalized spacial score (nSPS) is 72.5. The van der Waals surface area contributed by atoms with E-state index in [1.807, 2.05) is 0 Å². The molecule has 0 aromatic heterocycles. The average Bonchev–Trinajstić information content (AvgIpc) is 2.60. The Balaban J connectivity index is 1.85. The summed E-state index contributed by atoms with van der Waals surface area (Å²) in [6, 6.07) is 0.596. The van der Waals surface area contributed by atoms with Crippen LogP contribution >= 0.6 is 0 Å². The Morgan fingerprint density at radius 2 is 1.77 bits per heavy atom. The average molecular weight is 181 g/mol. The Labute approximate surface area is 77.1 Å². The lowest BCUT2D eigenvalue weighted by Gasteiger charge is -2.41. The number of hydrogen-bond acceptors (Lipinski definition) is 3. The smallest absolute Gasteiger partial charge is 0.0727 e. The number of fused-ring (bicyclic) bond motifs is 3. The molecule has 0 aromatic carbocycles. The summed E-state index contributed by atoms with van der Waals surface area (Å²) in [5, 5.41) is 23.4. The maximum absolute atomic E-state index is 9.97. The summed E-state index contributed by atoms with van der Waals surface area (Å²) in [4.78, 5) is 0. The lowest BCUT2D eigenvalue weighted by Crippen LogP contribution is -2.58. The fourth-order valence-electron chi connectivity index (χ4n) is 4.72. The lowest BCUT2D eigenvalue weighted by atomic mass is 9.76. The zero-order valence-electron chi connectivity index (χ0n) is 7.43. The molecule has 4 bridgehead atoms. The molecule has 4 aliphatic rings. The molecule has 13 heavy (non-hydrogen) atoms. The second kappa shape index (κ2) is 1.95. The fourth-order valence-corrected chi connectivity index (χ4v) is 4.72. The maximum Gasteiger partial charge on any atom is 0.0727 e. The van der Waals surface area contributed by atoms with Crippen LogP contribution in [0, 0.1) is 23.7 Å². The van der Waals surface area contributed by atoms with Crippen LogP contribution < -0.4 is 5.32 Å². The van der Waals surface area contributed by atoms with Crippen molar-refractivity contribution in [3.63, 3.8) is 0 Å². The predicted molar refractivity (Wildman–Crippen MR) is 45.9 cm³/mol. The third-order valence-corrected chi connectivity index (χ3v) is 5.09. The Bertz CT molecular complexity index is 262. The third kappa shape index (κ3) is 0.602. The third-order valence-electron chi connectivity index (χ3n) is 5.09. The highest BCUT2D eigenvalue weighted by molar-refractivity contribution is 5.20. The van der Waals surface area contributed by atoms with Crippen LogP contribution in [-0.2, 0) is 0 Å². The SMILES string of the molecule is O[C@@H]1[C@H]2C[C@H]3[C@@H]1N[C@H]1C[C@@H]2[C@H]3[C@@H]1O. The van der Waals surface area contributed by atoms with Gasteiger partial charge in [0.25, 0.3) is 0 Å². The van der Waals surface area contributed by atoms with Crippen LogP contribution in [0.15, 0.2) is 0 Å². The molecule has 1 aliphatic heterocycles. The second-order valence-corrected chi connectivity index (χ2v) is 5.32. The molecule has 3 N–H and O–H groups in total. The van der Waals surface area contributed by atoms with Crippen molar-refractivity contribution >= 4 is 0 Å². The summed E-state index contributed by atoms with van der Waals surface area (Å²) in [6.45, 7) is 0. The van der Waals surface area contributed by atoms with E-state index < -0.39 is 0 Å². The number of nitrogens with one attached hydrogen (secondary N) is 1. The summed E-state index contributed by atoms with van der Waals surface area (Å²) >= 11 is 0. The van der Waals surface area contributed by atoms with Crippen molar-refractivity contribution in [2.24, 2.45) is 23.7 Å². The summed E-state index contributed by atoms with van der Waals surface area (Å²) in [6.07, 6.45) is 2.01. The highest BCUT2D eigenvalue weighted by atomic mass is 16.3. The first-order valence-electron chi connectivity index (χ1n) is 5.39. The van der Waals surface area contributed by atoms with E-state index in [0.29, 0.717) is 29.7 Å². The molecule has 3 aliphatic carbocycles. The highest BCUT2D eigenvalue weighted by Gasteiger charge is 2.67. The number of rotatable bonds is 0. The van der Waals surface area contributed by atoms with E-state index in [2.05, 4.69) is 5.32 Å². The summed E-state index contributed by atoms with van der Waals surface area (Å²) in [5.41, 5.74) is 0. The molecule has 3 saturated carbocycles. The molecule has 72 valence electrons. The molecule has 3 nitrogen and oxygen atoms in total. The number of hydrogen-bond donors (Lipinski definition) is 3. The van der Waals surface area contributed by atoms with Gasteiger partial charge in [0.05, 0.1) is 12.2 Å². The minimum Gasteiger partial charge on any atom is -0.391 e. The maximum atomic E-state index is 9.97. The van der Waals surface area contributed by atoms with Gasteiger partial charge in [0.2, 0.25) is 0 Å². The van der Waals surface area contributed by atoms with Crippen molar-refractivity contribution < 1.29 is 10.2 Å². The first-order valence-corrected chi connectivity index (χ1v) is 5.39. The van der Waals surface area contributed by atoms with Gasteiger partial charge in [-0.1, -0.05) is 0 Å². The molecule has 4 fully saturated rings. The van der Waals surface area contributed by atoms with Crippen LogP contribution in [0.3, 0.4) is 0 Å². The Morgan fingerprint density at radius 3 is 2.62 bits per heavy atom. The molecule has 0 aromatic rings. The molecular formula is C10H15NO2. The number of aliphatic hydroxyl groups excluding tert-OH is 2. The second-order valence-electron chi connectivity index (χ2n) is 5.32. The molecule has 3 heteroatoms. The van der Waals surface area contributed by atoms with Crippen molar-refractivity contribution in [1.82, 2.24) is 5.32 Å². The van der Waals surface area contributed by atoms with Gasteiger partial charge in [0.15, 0.2) is 0 Å². The molecule has 8 atom stereocenters. The highest BCUT2D eigenvalue weighted by Crippen LogP contribution is 2.61. The van der Waals surface area contributed by atoms with E-state index in [9.17, 15) is 10.2 Å². The molecular weight excluding hydrogens is 166 g/mol. The van der Waals surface area contributed by atoms with Crippen LogP contribution in [0.1, 0.15) is 12.8 Å². The fraction of sp³-hybridized carbons (Fsp3) is 1.00. The van der Waals surface area contributed by atoms with Crippen molar-refractivity contribution in [3.05, 3.63) is 0 Å². The monoisotopic (exact) mass is 181 g/mol. The van der Waals surface area contributed by atoms with Gasteiger partial charge >= 0.3 is 0 Å². The summed E-state index contributed by atoms with van der Waals surface area (Å²) in [7, 11) is 0. The molecule has 0 unspecified atom stereocenters. The number of piperidine rings is 1. The van der Waals surface area contributed by atoms with Gasteiger partial charge in [-0.3, -0.25) is 0 Å². The van der Waals surface area contributed by atoms with Crippen LogP contribution in [-0.4, -0.2) is 34.5 Å². The Morgan fingerprint density at radius 1 is 0.923 bits per heavy atom. The molecule has 1 saturated heterocycles. The van der Waals surface area contributed by atoms with E-state index in [-0.39, 0.29) is 18.2 Å². The number of aliphatic hydroxyl groups is 2. The van der Waals surface area contributed by atoms with Crippen LogP contribution in [0.25, 0.3) is 0 Å². The van der Waals surface area contributed by atoms with E-state index in [0.717, 1.165) is 12.8 Å². The first kappa shape index (κ1) is 7.21. The summed E-state index contributed by atoms with van der Waals surface area (Å²) in [5.74, 6) is 2.20. The van der Waals surface area contributed by atoms with Crippen LogP contribution in [0.2, 0.25) is 0 Å². The molecule has 4 rings (SSSR count). The quantitative estimate of drug-likeness (QED) is 0.465. The minimum atomic E-state index is -0.122. The lowest BCUT2D eigenvalue weighted by molar-refractivity contribution is -0.0276. The molecule has 0 radical (unpaired) electrons. The molecule has 0 amide bonds. The van der Waals surface area contributed by atoms with Gasteiger partial charge in [-0.2, -0.15) is 0 Å². The van der Waals surface area contributed by atoms with Gasteiger partial charge in [0, 0.05) is 12.1 Å². The molecule has 1 heterocycles. The van der Waals surface area contributed by atoms with Crippen molar-refractivity contribution in [3.8, 4) is 0 Å². The van der Waals surface area contributed by atoms with Crippen molar-refractivity contribution in [2.75, 3.05) is 0 Å². The van der Waals surface area contributed by atoms with E-state index >= 15 is 0 Å². The van der Waals surface area contributed by atoms with Crippen molar-refractivity contribution in [1.29, 1.82) is 0 Å². The first-order chi connectivity index (χ1) is 6.27. The van der Waals surface area contributed by atoms with Crippen LogP contribution in [0.5, 0.6) is 0 Å². The Kier molecular flexibility index (Phi) is 1.08.